The smallest absolute Gasteiger partial charge is 0.337 e. The largest absolute Gasteiger partial charge is 0.493 e. The molecule has 1 N–H and O–H groups in total. The Labute approximate surface area is 203 Å². The van der Waals surface area contributed by atoms with Gasteiger partial charge in [-0.05, 0) is 48.2 Å². The Kier molecular flexibility index (Phi) is 6.95. The minimum Gasteiger partial charge on any atom is -0.493 e. The molecule has 0 spiro atoms. The first kappa shape index (κ1) is 23.5. The second kappa shape index (κ2) is 10.1. The Hall–Kier alpha value is -3.69. The third-order valence-corrected chi connectivity index (χ3v) is 6.12. The number of hydrogen-bond donors (Lipinski definition) is 1. The predicted octanol–water partition coefficient (Wildman–Crippen LogP) is 5.42. The standard InChI is InChI=1S/C24H18ClNO7S/c1-31-19-4-2-3-5-20(19)32-11-10-26-22(27)21(34-24(26)30)13-15-7-9-18(33-15)14-6-8-16(23(28)29)17(25)12-14/h2-9,12-13H,10-11H2,1H3,(H,28,29)/b21-13-. The lowest BCUT2D eigenvalue weighted by Crippen LogP contribution is -2.32. The number of ether oxygens (including phenoxy) is 2. The fourth-order valence-electron chi connectivity index (χ4n) is 3.23. The van der Waals surface area contributed by atoms with Gasteiger partial charge >= 0.3 is 5.97 Å². The second-order valence-electron chi connectivity index (χ2n) is 7.03. The first-order valence-corrected chi connectivity index (χ1v) is 11.2. The van der Waals surface area contributed by atoms with Gasteiger partial charge < -0.3 is 19.0 Å². The van der Waals surface area contributed by atoms with E-state index in [1.165, 1.54) is 25.3 Å². The Morgan fingerprint density at radius 3 is 2.62 bits per heavy atom. The first-order valence-electron chi connectivity index (χ1n) is 10.0. The van der Waals surface area contributed by atoms with Crippen LogP contribution >= 0.6 is 23.4 Å². The molecule has 3 aromatic rings. The zero-order valence-corrected chi connectivity index (χ0v) is 19.4. The van der Waals surface area contributed by atoms with Gasteiger partial charge in [-0.1, -0.05) is 29.8 Å². The van der Waals surface area contributed by atoms with Gasteiger partial charge in [-0.25, -0.2) is 4.79 Å². The third-order valence-electron chi connectivity index (χ3n) is 4.90. The maximum absolute atomic E-state index is 12.7. The molecule has 10 heteroatoms. The van der Waals surface area contributed by atoms with E-state index in [9.17, 15) is 14.4 Å². The van der Waals surface area contributed by atoms with Gasteiger partial charge in [-0.3, -0.25) is 14.5 Å². The van der Waals surface area contributed by atoms with E-state index in [2.05, 4.69) is 0 Å². The van der Waals surface area contributed by atoms with E-state index in [-0.39, 0.29) is 28.6 Å². The van der Waals surface area contributed by atoms with Crippen molar-refractivity contribution in [1.29, 1.82) is 0 Å². The van der Waals surface area contributed by atoms with E-state index in [1.807, 2.05) is 6.07 Å². The van der Waals surface area contributed by atoms with Crippen molar-refractivity contribution in [3.05, 3.63) is 75.8 Å². The van der Waals surface area contributed by atoms with E-state index < -0.39 is 17.1 Å². The number of carboxylic acid groups (broad SMARTS) is 1. The van der Waals surface area contributed by atoms with Crippen LogP contribution in [0.1, 0.15) is 16.1 Å². The number of aromatic carboxylic acids is 1. The number of para-hydroxylation sites is 2. The van der Waals surface area contributed by atoms with Crippen molar-refractivity contribution in [3.63, 3.8) is 0 Å². The van der Waals surface area contributed by atoms with Crippen molar-refractivity contribution in [2.75, 3.05) is 20.3 Å². The van der Waals surface area contributed by atoms with Crippen molar-refractivity contribution in [2.24, 2.45) is 0 Å². The average Bonchev–Trinajstić information content (AvgIpc) is 3.39. The molecule has 2 heterocycles. The number of rotatable bonds is 8. The van der Waals surface area contributed by atoms with Gasteiger partial charge in [0.1, 0.15) is 18.1 Å². The fraction of sp³-hybridized carbons (Fsp3) is 0.125. The van der Waals surface area contributed by atoms with Gasteiger partial charge in [0.25, 0.3) is 11.1 Å². The van der Waals surface area contributed by atoms with Gasteiger partial charge in [0.2, 0.25) is 0 Å². The Bertz CT molecular complexity index is 1300. The van der Waals surface area contributed by atoms with E-state index in [0.29, 0.717) is 28.6 Å². The zero-order chi connectivity index (χ0) is 24.2. The Morgan fingerprint density at radius 1 is 1.15 bits per heavy atom. The highest BCUT2D eigenvalue weighted by Gasteiger charge is 2.35. The topological polar surface area (TPSA) is 106 Å². The molecule has 0 bridgehead atoms. The van der Waals surface area contributed by atoms with Crippen molar-refractivity contribution in [1.82, 2.24) is 4.90 Å². The van der Waals surface area contributed by atoms with Crippen LogP contribution in [0.3, 0.4) is 0 Å². The molecule has 0 saturated carbocycles. The summed E-state index contributed by atoms with van der Waals surface area (Å²) in [5, 5.41) is 8.78. The van der Waals surface area contributed by atoms with Crippen molar-refractivity contribution in [3.8, 4) is 22.8 Å². The molecule has 1 fully saturated rings. The maximum Gasteiger partial charge on any atom is 0.337 e. The van der Waals surface area contributed by atoms with Crippen molar-refractivity contribution < 1.29 is 33.4 Å². The molecule has 174 valence electrons. The molecule has 2 amide bonds. The molecule has 2 aromatic carbocycles. The molecule has 8 nitrogen and oxygen atoms in total. The minimum absolute atomic E-state index is 0.0134. The molecule has 0 atom stereocenters. The third kappa shape index (κ3) is 4.95. The predicted molar refractivity (Wildman–Crippen MR) is 127 cm³/mol. The molecule has 0 aliphatic carbocycles. The number of carboxylic acids is 1. The molecule has 4 rings (SSSR count). The molecular formula is C24H18ClNO7S. The molecule has 0 radical (unpaired) electrons. The van der Waals surface area contributed by atoms with Crippen LogP contribution in [0.2, 0.25) is 5.02 Å². The number of hydrogen-bond acceptors (Lipinski definition) is 7. The normalized spacial score (nSPS) is 14.6. The number of thioether (sulfide) groups is 1. The van der Waals surface area contributed by atoms with E-state index in [4.69, 9.17) is 30.6 Å². The van der Waals surface area contributed by atoms with E-state index >= 15 is 0 Å². The van der Waals surface area contributed by atoms with Gasteiger partial charge in [-0.15, -0.1) is 0 Å². The quantitative estimate of drug-likeness (QED) is 0.409. The minimum atomic E-state index is -1.12. The number of nitrogens with zero attached hydrogens (tertiary/aromatic N) is 1. The lowest BCUT2D eigenvalue weighted by atomic mass is 10.1. The van der Waals surface area contributed by atoms with Crippen molar-refractivity contribution in [2.45, 2.75) is 0 Å². The summed E-state index contributed by atoms with van der Waals surface area (Å²) in [6, 6.07) is 14.9. The molecule has 34 heavy (non-hydrogen) atoms. The fourth-order valence-corrected chi connectivity index (χ4v) is 4.34. The number of imide groups is 1. The van der Waals surface area contributed by atoms with Crippen LogP contribution in [0.4, 0.5) is 4.79 Å². The second-order valence-corrected chi connectivity index (χ2v) is 8.43. The summed E-state index contributed by atoms with van der Waals surface area (Å²) in [6.07, 6.45) is 1.49. The molecule has 1 aromatic heterocycles. The Balaban J connectivity index is 1.43. The number of carbonyl (C=O) groups is 3. The summed E-state index contributed by atoms with van der Waals surface area (Å²) in [5.41, 5.74) is 0.566. The number of carbonyl (C=O) groups excluding carboxylic acids is 2. The van der Waals surface area contributed by atoms with Crippen LogP contribution in [0.15, 0.2) is 63.9 Å². The summed E-state index contributed by atoms with van der Waals surface area (Å²) in [5.74, 6) is 0.320. The number of methoxy groups -OCH3 is 1. The van der Waals surface area contributed by atoms with Crippen LogP contribution in [0.25, 0.3) is 17.4 Å². The number of amides is 2. The van der Waals surface area contributed by atoms with E-state index in [0.717, 1.165) is 16.7 Å². The molecule has 1 aliphatic rings. The Morgan fingerprint density at radius 2 is 1.91 bits per heavy atom. The van der Waals surface area contributed by atoms with Gasteiger partial charge in [0.15, 0.2) is 11.5 Å². The van der Waals surface area contributed by atoms with Gasteiger partial charge in [0.05, 0.1) is 29.1 Å². The summed E-state index contributed by atoms with van der Waals surface area (Å²) < 4.78 is 16.6. The highest BCUT2D eigenvalue weighted by atomic mass is 35.5. The average molecular weight is 500 g/mol. The molecule has 1 saturated heterocycles. The summed E-state index contributed by atoms with van der Waals surface area (Å²) in [7, 11) is 1.53. The van der Waals surface area contributed by atoms with Crippen LogP contribution in [0, 0.1) is 0 Å². The lowest BCUT2D eigenvalue weighted by Gasteiger charge is -2.14. The molecule has 0 unspecified atom stereocenters. The highest BCUT2D eigenvalue weighted by molar-refractivity contribution is 8.18. The molecular weight excluding hydrogens is 482 g/mol. The zero-order valence-electron chi connectivity index (χ0n) is 17.8. The number of furan rings is 1. The maximum atomic E-state index is 12.7. The summed E-state index contributed by atoms with van der Waals surface area (Å²) in [6.45, 7) is 0.196. The molecule has 1 aliphatic heterocycles. The van der Waals surface area contributed by atoms with Crippen LogP contribution in [0.5, 0.6) is 11.5 Å². The summed E-state index contributed by atoms with van der Waals surface area (Å²) in [4.78, 5) is 37.5. The highest BCUT2D eigenvalue weighted by Crippen LogP contribution is 2.34. The monoisotopic (exact) mass is 499 g/mol. The first-order chi connectivity index (χ1) is 16.4. The number of benzene rings is 2. The van der Waals surface area contributed by atoms with Crippen LogP contribution < -0.4 is 9.47 Å². The van der Waals surface area contributed by atoms with Crippen molar-refractivity contribution >= 4 is 46.6 Å². The number of halogens is 1. The SMILES string of the molecule is COc1ccccc1OCCN1C(=O)S/C(=C\c2ccc(-c3ccc(C(=O)O)c(Cl)c3)o2)C1=O. The van der Waals surface area contributed by atoms with Crippen LogP contribution in [-0.2, 0) is 4.79 Å². The summed E-state index contributed by atoms with van der Waals surface area (Å²) >= 11 is 6.84. The van der Waals surface area contributed by atoms with Crippen LogP contribution in [-0.4, -0.2) is 47.4 Å². The van der Waals surface area contributed by atoms with E-state index in [1.54, 1.807) is 36.4 Å². The van der Waals surface area contributed by atoms with Gasteiger partial charge in [0, 0.05) is 11.6 Å². The van der Waals surface area contributed by atoms with Gasteiger partial charge in [-0.2, -0.15) is 0 Å². The lowest BCUT2D eigenvalue weighted by molar-refractivity contribution is -0.123.